The van der Waals surface area contributed by atoms with Gasteiger partial charge in [0, 0.05) is 44.6 Å². The van der Waals surface area contributed by atoms with Crippen molar-refractivity contribution in [1.29, 1.82) is 0 Å². The Hall–Kier alpha value is -3.23. The number of amides is 2. The number of rotatable bonds is 2. The van der Waals surface area contributed by atoms with Crippen LogP contribution in [0.3, 0.4) is 0 Å². The molecule has 0 bridgehead atoms. The van der Waals surface area contributed by atoms with Gasteiger partial charge in [-0.25, -0.2) is 9.50 Å². The number of hydrogen-bond donors (Lipinski definition) is 0. The molecule has 9 heteroatoms. The minimum Gasteiger partial charge on any atom is -0.351 e. The Bertz CT molecular complexity index is 983. The van der Waals surface area contributed by atoms with Gasteiger partial charge in [0.15, 0.2) is 5.65 Å². The van der Waals surface area contributed by atoms with E-state index in [1.807, 2.05) is 0 Å². The van der Waals surface area contributed by atoms with Gasteiger partial charge in [0.1, 0.15) is 5.56 Å². The van der Waals surface area contributed by atoms with E-state index in [0.29, 0.717) is 48.8 Å². The van der Waals surface area contributed by atoms with Crippen LogP contribution in [0.15, 0.2) is 29.0 Å². The zero-order valence-electron chi connectivity index (χ0n) is 14.5. The van der Waals surface area contributed by atoms with E-state index in [1.165, 1.54) is 0 Å². The first kappa shape index (κ1) is 16.2. The molecule has 26 heavy (non-hydrogen) atoms. The van der Waals surface area contributed by atoms with E-state index in [2.05, 4.69) is 15.2 Å². The average molecular weight is 354 g/mol. The lowest BCUT2D eigenvalue weighted by atomic mass is 10.2. The molecule has 134 valence electrons. The van der Waals surface area contributed by atoms with Gasteiger partial charge in [-0.2, -0.15) is 5.10 Å². The molecule has 9 nitrogen and oxygen atoms in total. The van der Waals surface area contributed by atoms with Crippen molar-refractivity contribution < 1.29 is 14.1 Å². The maximum Gasteiger partial charge on any atom is 0.292 e. The van der Waals surface area contributed by atoms with Crippen LogP contribution in [-0.2, 0) is 0 Å². The zero-order valence-corrected chi connectivity index (χ0v) is 14.5. The summed E-state index contributed by atoms with van der Waals surface area (Å²) < 4.78 is 6.64. The van der Waals surface area contributed by atoms with E-state index in [9.17, 15) is 9.59 Å². The summed E-state index contributed by atoms with van der Waals surface area (Å²) in [5.74, 6) is -0.0877. The molecular formula is C17H18N6O3. The summed E-state index contributed by atoms with van der Waals surface area (Å²) in [6.45, 7) is 5.34. The van der Waals surface area contributed by atoms with E-state index < -0.39 is 0 Å². The number of piperazine rings is 1. The Kier molecular flexibility index (Phi) is 3.90. The Labute approximate surface area is 149 Å². The van der Waals surface area contributed by atoms with Crippen LogP contribution in [0.1, 0.15) is 32.3 Å². The summed E-state index contributed by atoms with van der Waals surface area (Å²) in [5.41, 5.74) is 2.37. The van der Waals surface area contributed by atoms with Crippen LogP contribution < -0.4 is 0 Å². The van der Waals surface area contributed by atoms with Gasteiger partial charge in [0.25, 0.3) is 11.8 Å². The number of fused-ring (bicyclic) bond motifs is 1. The number of aromatic nitrogens is 4. The molecule has 0 aromatic carbocycles. The fourth-order valence-electron chi connectivity index (χ4n) is 3.14. The summed E-state index contributed by atoms with van der Waals surface area (Å²) in [6.07, 6.45) is 3.41. The molecule has 3 aromatic rings. The first-order valence-electron chi connectivity index (χ1n) is 8.36. The van der Waals surface area contributed by atoms with Gasteiger partial charge in [-0.15, -0.1) is 0 Å². The summed E-state index contributed by atoms with van der Waals surface area (Å²) >= 11 is 0. The molecule has 0 spiro atoms. The third-order valence-corrected chi connectivity index (χ3v) is 4.48. The van der Waals surface area contributed by atoms with Gasteiger partial charge < -0.3 is 14.3 Å². The second-order valence-electron chi connectivity index (χ2n) is 6.27. The maximum absolute atomic E-state index is 12.9. The van der Waals surface area contributed by atoms with E-state index in [1.54, 1.807) is 52.7 Å². The third-order valence-electron chi connectivity index (χ3n) is 4.48. The Morgan fingerprint density at radius 1 is 1.08 bits per heavy atom. The monoisotopic (exact) mass is 354 g/mol. The van der Waals surface area contributed by atoms with Crippen molar-refractivity contribution in [3.63, 3.8) is 0 Å². The van der Waals surface area contributed by atoms with E-state index >= 15 is 0 Å². The molecule has 4 heterocycles. The molecule has 1 saturated heterocycles. The molecule has 4 rings (SSSR count). The van der Waals surface area contributed by atoms with E-state index in [0.717, 1.165) is 0 Å². The van der Waals surface area contributed by atoms with Crippen LogP contribution in [-0.4, -0.2) is 67.5 Å². The molecule has 1 aliphatic rings. The van der Waals surface area contributed by atoms with Gasteiger partial charge in [-0.05, 0) is 19.9 Å². The maximum atomic E-state index is 12.9. The van der Waals surface area contributed by atoms with Crippen molar-refractivity contribution in [2.24, 2.45) is 0 Å². The van der Waals surface area contributed by atoms with Crippen LogP contribution in [0.4, 0.5) is 0 Å². The molecule has 0 N–H and O–H groups in total. The normalized spacial score (nSPS) is 14.8. The van der Waals surface area contributed by atoms with Gasteiger partial charge in [0.2, 0.25) is 5.76 Å². The summed E-state index contributed by atoms with van der Waals surface area (Å²) in [7, 11) is 0. The smallest absolute Gasteiger partial charge is 0.292 e. The predicted molar refractivity (Wildman–Crippen MR) is 90.8 cm³/mol. The SMILES string of the molecule is Cc1cc(C(=O)N2CCN(C(=O)c3c(C)nn4cccnc34)CC2)on1. The van der Waals surface area contributed by atoms with Gasteiger partial charge >= 0.3 is 0 Å². The molecule has 3 aromatic heterocycles. The molecule has 0 radical (unpaired) electrons. The van der Waals surface area contributed by atoms with Crippen molar-refractivity contribution in [1.82, 2.24) is 29.6 Å². The topological polar surface area (TPSA) is 96.8 Å². The van der Waals surface area contributed by atoms with Crippen molar-refractivity contribution in [2.45, 2.75) is 13.8 Å². The van der Waals surface area contributed by atoms with E-state index in [4.69, 9.17) is 4.52 Å². The summed E-state index contributed by atoms with van der Waals surface area (Å²) in [4.78, 5) is 33.0. The minimum atomic E-state index is -0.202. The number of nitrogens with zero attached hydrogens (tertiary/aromatic N) is 6. The first-order chi connectivity index (χ1) is 12.5. The highest BCUT2D eigenvalue weighted by atomic mass is 16.5. The Morgan fingerprint density at radius 2 is 1.77 bits per heavy atom. The summed E-state index contributed by atoms with van der Waals surface area (Å²) in [6, 6.07) is 3.39. The fourth-order valence-corrected chi connectivity index (χ4v) is 3.14. The Balaban J connectivity index is 1.48. The number of hydrogen-bond acceptors (Lipinski definition) is 6. The molecule has 1 aliphatic heterocycles. The molecule has 1 fully saturated rings. The fraction of sp³-hybridized carbons (Fsp3) is 0.353. The highest BCUT2D eigenvalue weighted by Gasteiger charge is 2.29. The molecule has 2 amide bonds. The second-order valence-corrected chi connectivity index (χ2v) is 6.27. The van der Waals surface area contributed by atoms with Gasteiger partial charge in [-0.3, -0.25) is 9.59 Å². The molecule has 0 atom stereocenters. The standard InChI is InChI=1S/C17H18N6O3/c1-11-10-13(26-20-11)16(24)21-6-8-22(9-7-21)17(25)14-12(2)19-23-5-3-4-18-15(14)23/h3-5,10H,6-9H2,1-2H3. The number of carbonyl (C=O) groups is 2. The largest absolute Gasteiger partial charge is 0.351 e. The lowest BCUT2D eigenvalue weighted by Gasteiger charge is -2.34. The van der Waals surface area contributed by atoms with Gasteiger partial charge in [-0.1, -0.05) is 5.16 Å². The molecule has 0 aliphatic carbocycles. The van der Waals surface area contributed by atoms with Crippen LogP contribution in [0.5, 0.6) is 0 Å². The zero-order chi connectivity index (χ0) is 18.3. The quantitative estimate of drug-likeness (QED) is 0.679. The van der Waals surface area contributed by atoms with E-state index in [-0.39, 0.29) is 17.6 Å². The van der Waals surface area contributed by atoms with Crippen molar-refractivity contribution in [3.8, 4) is 0 Å². The number of aryl methyl sites for hydroxylation is 2. The van der Waals surface area contributed by atoms with Crippen LogP contribution >= 0.6 is 0 Å². The minimum absolute atomic E-state index is 0.112. The molecule has 0 saturated carbocycles. The second kappa shape index (κ2) is 6.25. The average Bonchev–Trinajstić information content (AvgIpc) is 3.23. The lowest BCUT2D eigenvalue weighted by molar-refractivity contribution is 0.0513. The van der Waals surface area contributed by atoms with Gasteiger partial charge in [0.05, 0.1) is 11.4 Å². The lowest BCUT2D eigenvalue weighted by Crippen LogP contribution is -2.50. The highest BCUT2D eigenvalue weighted by Crippen LogP contribution is 2.17. The Morgan fingerprint density at radius 3 is 2.42 bits per heavy atom. The number of carbonyl (C=O) groups excluding carboxylic acids is 2. The third kappa shape index (κ3) is 2.71. The first-order valence-corrected chi connectivity index (χ1v) is 8.36. The van der Waals surface area contributed by atoms with Crippen LogP contribution in [0.25, 0.3) is 5.65 Å². The van der Waals surface area contributed by atoms with Crippen molar-refractivity contribution in [3.05, 3.63) is 47.2 Å². The molecule has 0 unspecified atom stereocenters. The molecular weight excluding hydrogens is 336 g/mol. The summed E-state index contributed by atoms with van der Waals surface area (Å²) in [5, 5.41) is 8.08. The predicted octanol–water partition coefficient (Wildman–Crippen LogP) is 0.932. The van der Waals surface area contributed by atoms with Crippen LogP contribution in [0.2, 0.25) is 0 Å². The van der Waals surface area contributed by atoms with Crippen LogP contribution in [0, 0.1) is 13.8 Å². The highest BCUT2D eigenvalue weighted by molar-refractivity contribution is 6.01. The van der Waals surface area contributed by atoms with Crippen molar-refractivity contribution >= 4 is 17.5 Å². The van der Waals surface area contributed by atoms with Crippen molar-refractivity contribution in [2.75, 3.05) is 26.2 Å².